The van der Waals surface area contributed by atoms with Crippen LogP contribution in [-0.4, -0.2) is 6.16 Å². The highest BCUT2D eigenvalue weighted by Crippen LogP contribution is 2.10. The number of benzene rings is 1. The lowest BCUT2D eigenvalue weighted by molar-refractivity contribution is 1.14. The first-order chi connectivity index (χ1) is 5.24. The third-order valence-electron chi connectivity index (χ3n) is 2.00. The summed E-state index contributed by atoms with van der Waals surface area (Å²) in [6.45, 7) is 4.32. The molecule has 0 amide bonds. The molecule has 1 aromatic rings. The van der Waals surface area contributed by atoms with Crippen LogP contribution in [0.15, 0.2) is 18.2 Å². The first-order valence-electron chi connectivity index (χ1n) is 4.00. The van der Waals surface area contributed by atoms with Crippen LogP contribution in [0.4, 0.5) is 0 Å². The SMILES string of the molecule is Cc1ccc(CCP)cc1C. The van der Waals surface area contributed by atoms with E-state index in [9.17, 15) is 0 Å². The van der Waals surface area contributed by atoms with Gasteiger partial charge in [-0.1, -0.05) is 18.2 Å². The van der Waals surface area contributed by atoms with Crippen LogP contribution in [0.5, 0.6) is 0 Å². The lowest BCUT2D eigenvalue weighted by Crippen LogP contribution is -1.88. The van der Waals surface area contributed by atoms with Crippen LogP contribution in [0.1, 0.15) is 16.7 Å². The Labute approximate surface area is 71.2 Å². The number of hydrogen-bond donors (Lipinski definition) is 0. The monoisotopic (exact) mass is 166 g/mol. The molecule has 60 valence electrons. The van der Waals surface area contributed by atoms with Crippen LogP contribution in [0.25, 0.3) is 0 Å². The second-order valence-electron chi connectivity index (χ2n) is 2.96. The third-order valence-corrected chi connectivity index (χ3v) is 2.29. The summed E-state index contributed by atoms with van der Waals surface area (Å²) in [5.41, 5.74) is 4.24. The molecular weight excluding hydrogens is 151 g/mol. The summed E-state index contributed by atoms with van der Waals surface area (Å²) in [4.78, 5) is 0. The van der Waals surface area contributed by atoms with Crippen LogP contribution in [0.2, 0.25) is 0 Å². The molecule has 0 N–H and O–H groups in total. The van der Waals surface area contributed by atoms with Gasteiger partial charge in [0.15, 0.2) is 0 Å². The Morgan fingerprint density at radius 2 is 1.91 bits per heavy atom. The zero-order valence-electron chi connectivity index (χ0n) is 7.22. The predicted molar refractivity (Wildman–Crippen MR) is 54.2 cm³/mol. The molecule has 0 aliphatic carbocycles. The summed E-state index contributed by atoms with van der Waals surface area (Å²) in [6, 6.07) is 6.69. The van der Waals surface area contributed by atoms with Crippen molar-refractivity contribution in [3.05, 3.63) is 34.9 Å². The Bertz CT molecular complexity index is 241. The summed E-state index contributed by atoms with van der Waals surface area (Å²) in [7, 11) is 2.76. The van der Waals surface area contributed by atoms with Crippen molar-refractivity contribution in [2.24, 2.45) is 0 Å². The van der Waals surface area contributed by atoms with Gasteiger partial charge in [0.25, 0.3) is 0 Å². The van der Waals surface area contributed by atoms with Crippen molar-refractivity contribution in [1.82, 2.24) is 0 Å². The molecule has 1 heteroatoms. The summed E-state index contributed by atoms with van der Waals surface area (Å²) >= 11 is 0. The minimum Gasteiger partial charge on any atom is -0.137 e. The van der Waals surface area contributed by atoms with Gasteiger partial charge in [-0.15, -0.1) is 9.24 Å². The zero-order valence-corrected chi connectivity index (χ0v) is 8.38. The van der Waals surface area contributed by atoms with Gasteiger partial charge in [-0.25, -0.2) is 0 Å². The van der Waals surface area contributed by atoms with Crippen molar-refractivity contribution >= 4 is 9.24 Å². The summed E-state index contributed by atoms with van der Waals surface area (Å²) in [5, 5.41) is 0. The van der Waals surface area contributed by atoms with Crippen molar-refractivity contribution in [3.8, 4) is 0 Å². The Hall–Kier alpha value is -0.350. The number of hydrogen-bond acceptors (Lipinski definition) is 0. The normalized spacial score (nSPS) is 10.1. The van der Waals surface area contributed by atoms with E-state index in [1.807, 2.05) is 0 Å². The molecule has 0 saturated heterocycles. The Morgan fingerprint density at radius 3 is 2.45 bits per heavy atom. The maximum absolute atomic E-state index is 2.76. The molecule has 0 spiro atoms. The first-order valence-corrected chi connectivity index (χ1v) is 4.82. The van der Waals surface area contributed by atoms with Crippen LogP contribution in [0.3, 0.4) is 0 Å². The largest absolute Gasteiger partial charge is 0.137 e. The molecule has 1 unspecified atom stereocenters. The second kappa shape index (κ2) is 3.88. The second-order valence-corrected chi connectivity index (χ2v) is 3.53. The van der Waals surface area contributed by atoms with E-state index in [-0.39, 0.29) is 0 Å². The Morgan fingerprint density at radius 1 is 1.18 bits per heavy atom. The average molecular weight is 166 g/mol. The van der Waals surface area contributed by atoms with Gasteiger partial charge in [0.2, 0.25) is 0 Å². The van der Waals surface area contributed by atoms with Crippen molar-refractivity contribution in [2.45, 2.75) is 20.3 Å². The zero-order chi connectivity index (χ0) is 8.27. The van der Waals surface area contributed by atoms with Gasteiger partial charge in [-0.05, 0) is 43.1 Å². The highest BCUT2D eigenvalue weighted by atomic mass is 31.0. The molecule has 0 aliphatic heterocycles. The topological polar surface area (TPSA) is 0 Å². The molecule has 0 bridgehead atoms. The minimum absolute atomic E-state index is 1.16. The molecular formula is C10H15P. The van der Waals surface area contributed by atoms with Gasteiger partial charge in [0.05, 0.1) is 0 Å². The van der Waals surface area contributed by atoms with Gasteiger partial charge < -0.3 is 0 Å². The highest BCUT2D eigenvalue weighted by molar-refractivity contribution is 7.16. The summed E-state index contributed by atoms with van der Waals surface area (Å²) in [5.74, 6) is 0. The van der Waals surface area contributed by atoms with E-state index in [2.05, 4.69) is 41.3 Å². The van der Waals surface area contributed by atoms with Gasteiger partial charge in [0.1, 0.15) is 0 Å². The maximum atomic E-state index is 2.76. The van der Waals surface area contributed by atoms with Crippen molar-refractivity contribution in [2.75, 3.05) is 6.16 Å². The molecule has 0 radical (unpaired) electrons. The molecule has 0 aliphatic rings. The summed E-state index contributed by atoms with van der Waals surface area (Å²) in [6.07, 6.45) is 2.33. The molecule has 1 rings (SSSR count). The maximum Gasteiger partial charge on any atom is -0.0244 e. The molecule has 0 saturated carbocycles. The highest BCUT2D eigenvalue weighted by Gasteiger charge is 1.93. The van der Waals surface area contributed by atoms with Crippen molar-refractivity contribution in [3.63, 3.8) is 0 Å². The van der Waals surface area contributed by atoms with Gasteiger partial charge in [-0.3, -0.25) is 0 Å². The molecule has 0 fully saturated rings. The number of rotatable bonds is 2. The van der Waals surface area contributed by atoms with Crippen molar-refractivity contribution < 1.29 is 0 Å². The first kappa shape index (κ1) is 8.74. The van der Waals surface area contributed by atoms with E-state index in [0.717, 1.165) is 6.16 Å². The quantitative estimate of drug-likeness (QED) is 0.592. The third kappa shape index (κ3) is 2.31. The van der Waals surface area contributed by atoms with Crippen LogP contribution in [0, 0.1) is 13.8 Å². The smallest absolute Gasteiger partial charge is 0.0244 e. The van der Waals surface area contributed by atoms with Crippen molar-refractivity contribution in [1.29, 1.82) is 0 Å². The van der Waals surface area contributed by atoms with Gasteiger partial charge in [0, 0.05) is 0 Å². The standard InChI is InChI=1S/C10H15P/c1-8-3-4-10(5-6-11)7-9(8)2/h3-4,7H,5-6,11H2,1-2H3. The van der Waals surface area contributed by atoms with E-state index in [1.54, 1.807) is 0 Å². The fraction of sp³-hybridized carbons (Fsp3) is 0.400. The lowest BCUT2D eigenvalue weighted by atomic mass is 10.1. The van der Waals surface area contributed by atoms with Crippen LogP contribution >= 0.6 is 9.24 Å². The van der Waals surface area contributed by atoms with E-state index >= 15 is 0 Å². The van der Waals surface area contributed by atoms with E-state index in [0.29, 0.717) is 0 Å². The summed E-state index contributed by atoms with van der Waals surface area (Å²) < 4.78 is 0. The minimum atomic E-state index is 1.16. The molecule has 1 atom stereocenters. The van der Waals surface area contributed by atoms with E-state index in [4.69, 9.17) is 0 Å². The molecule has 0 heterocycles. The average Bonchev–Trinajstić information content (AvgIpc) is 1.98. The number of aryl methyl sites for hydroxylation is 3. The Kier molecular flexibility index (Phi) is 3.08. The fourth-order valence-corrected chi connectivity index (χ4v) is 1.46. The lowest BCUT2D eigenvalue weighted by Gasteiger charge is -2.02. The molecule has 1 aromatic carbocycles. The molecule has 11 heavy (non-hydrogen) atoms. The van der Waals surface area contributed by atoms with Crippen LogP contribution < -0.4 is 0 Å². The van der Waals surface area contributed by atoms with E-state index < -0.39 is 0 Å². The van der Waals surface area contributed by atoms with Gasteiger partial charge in [-0.2, -0.15) is 0 Å². The molecule has 0 aromatic heterocycles. The fourth-order valence-electron chi connectivity index (χ4n) is 1.13. The van der Waals surface area contributed by atoms with Crippen LogP contribution in [-0.2, 0) is 6.42 Å². The predicted octanol–water partition coefficient (Wildman–Crippen LogP) is 2.72. The van der Waals surface area contributed by atoms with Gasteiger partial charge >= 0.3 is 0 Å². The Balaban J connectivity index is 2.86. The molecule has 0 nitrogen and oxygen atoms in total. The van der Waals surface area contributed by atoms with E-state index in [1.165, 1.54) is 23.1 Å².